The smallest absolute Gasteiger partial charge is 0.0113 e. The van der Waals surface area contributed by atoms with Gasteiger partial charge < -0.3 is 9.80 Å². The summed E-state index contributed by atoms with van der Waals surface area (Å²) in [4.78, 5) is 7.89. The zero-order chi connectivity index (χ0) is 16.4. The summed E-state index contributed by atoms with van der Waals surface area (Å²) in [6.07, 6.45) is 5.75. The number of hydrogen-bond acceptors (Lipinski definition) is 3. The van der Waals surface area contributed by atoms with Crippen LogP contribution in [0, 0.1) is 5.92 Å². The molecule has 0 unspecified atom stereocenters. The van der Waals surface area contributed by atoms with Crippen LogP contribution < -0.4 is 0 Å². The predicted molar refractivity (Wildman–Crippen MR) is 98.6 cm³/mol. The Hall–Kier alpha value is -0.120. The lowest BCUT2D eigenvalue weighted by atomic mass is 9.92. The molecular weight excluding hydrogens is 270 g/mol. The summed E-state index contributed by atoms with van der Waals surface area (Å²) in [5.74, 6) is 1.01. The minimum atomic E-state index is 0.723. The molecule has 2 aliphatic rings. The molecule has 2 aliphatic heterocycles. The molecule has 0 aliphatic carbocycles. The third-order valence-electron chi connectivity index (χ3n) is 5.38. The third-order valence-corrected chi connectivity index (χ3v) is 5.38. The Balaban J connectivity index is 0.00000116. The quantitative estimate of drug-likeness (QED) is 0.743. The Morgan fingerprint density at radius 3 is 1.95 bits per heavy atom. The fraction of sp³-hybridized carbons (Fsp3) is 1.00. The maximum atomic E-state index is 2.68. The van der Waals surface area contributed by atoms with E-state index in [0.29, 0.717) is 0 Å². The fourth-order valence-electron chi connectivity index (χ4n) is 3.70. The minimum absolute atomic E-state index is 0.723. The van der Waals surface area contributed by atoms with Gasteiger partial charge in [-0.3, -0.25) is 4.90 Å². The van der Waals surface area contributed by atoms with E-state index in [-0.39, 0.29) is 0 Å². The fourth-order valence-corrected chi connectivity index (χ4v) is 3.70. The number of rotatable bonds is 6. The summed E-state index contributed by atoms with van der Waals surface area (Å²) in [6, 6.07) is 0.723. The van der Waals surface area contributed by atoms with Crippen LogP contribution in [0.4, 0.5) is 0 Å². The zero-order valence-electron chi connectivity index (χ0n) is 16.0. The molecule has 0 aromatic rings. The van der Waals surface area contributed by atoms with Crippen molar-refractivity contribution in [1.82, 2.24) is 14.7 Å². The third kappa shape index (κ3) is 6.97. The van der Waals surface area contributed by atoms with Crippen molar-refractivity contribution in [3.8, 4) is 0 Å². The van der Waals surface area contributed by atoms with Crippen molar-refractivity contribution >= 4 is 0 Å². The van der Waals surface area contributed by atoms with Gasteiger partial charge in [0.1, 0.15) is 0 Å². The van der Waals surface area contributed by atoms with Crippen LogP contribution in [-0.4, -0.2) is 73.1 Å². The number of hydrogen-bond donors (Lipinski definition) is 0. The van der Waals surface area contributed by atoms with E-state index in [4.69, 9.17) is 0 Å². The molecule has 2 fully saturated rings. The molecule has 3 heteroatoms. The Morgan fingerprint density at radius 1 is 0.864 bits per heavy atom. The molecule has 0 radical (unpaired) electrons. The Bertz CT molecular complexity index is 251. The van der Waals surface area contributed by atoms with Gasteiger partial charge in [-0.2, -0.15) is 0 Å². The van der Waals surface area contributed by atoms with E-state index >= 15 is 0 Å². The minimum Gasteiger partial charge on any atom is -0.304 e. The van der Waals surface area contributed by atoms with E-state index in [1.807, 2.05) is 13.8 Å². The average molecular weight is 312 g/mol. The summed E-state index contributed by atoms with van der Waals surface area (Å²) in [5, 5.41) is 0. The van der Waals surface area contributed by atoms with E-state index in [1.165, 1.54) is 78.0 Å². The molecule has 0 aromatic heterocycles. The molecule has 0 atom stereocenters. The predicted octanol–water partition coefficient (Wildman–Crippen LogP) is 3.55. The second kappa shape index (κ2) is 11.4. The van der Waals surface area contributed by atoms with Crippen molar-refractivity contribution in [3.05, 3.63) is 0 Å². The molecule has 0 N–H and O–H groups in total. The highest BCUT2D eigenvalue weighted by atomic mass is 15.3. The van der Waals surface area contributed by atoms with Crippen LogP contribution in [0.15, 0.2) is 0 Å². The van der Waals surface area contributed by atoms with Crippen molar-refractivity contribution < 1.29 is 0 Å². The van der Waals surface area contributed by atoms with E-state index in [1.54, 1.807) is 0 Å². The molecule has 0 amide bonds. The second-order valence-electron chi connectivity index (χ2n) is 6.99. The summed E-state index contributed by atoms with van der Waals surface area (Å²) in [5.41, 5.74) is 0. The summed E-state index contributed by atoms with van der Waals surface area (Å²) >= 11 is 0. The maximum absolute atomic E-state index is 2.68. The normalized spacial score (nSPS) is 22.6. The SMILES string of the molecule is CC.CCN1CCC(CCCN2CCN(C(C)C)CC2)CC1. The van der Waals surface area contributed by atoms with Crippen molar-refractivity contribution in [3.63, 3.8) is 0 Å². The lowest BCUT2D eigenvalue weighted by Crippen LogP contribution is -2.49. The molecular formula is C19H41N3. The topological polar surface area (TPSA) is 9.72 Å². The molecule has 0 aromatic carbocycles. The van der Waals surface area contributed by atoms with Gasteiger partial charge in [0.2, 0.25) is 0 Å². The molecule has 0 bridgehead atoms. The molecule has 2 heterocycles. The van der Waals surface area contributed by atoms with Gasteiger partial charge in [0.15, 0.2) is 0 Å². The number of piperidine rings is 1. The van der Waals surface area contributed by atoms with Crippen LogP contribution in [-0.2, 0) is 0 Å². The Morgan fingerprint density at radius 2 is 1.45 bits per heavy atom. The highest BCUT2D eigenvalue weighted by Crippen LogP contribution is 2.22. The first-order chi connectivity index (χ1) is 10.7. The first-order valence-electron chi connectivity index (χ1n) is 9.87. The van der Waals surface area contributed by atoms with Gasteiger partial charge in [-0.15, -0.1) is 0 Å². The number of nitrogens with zero attached hydrogens (tertiary/aromatic N) is 3. The lowest BCUT2D eigenvalue weighted by molar-refractivity contribution is 0.104. The van der Waals surface area contributed by atoms with Crippen molar-refractivity contribution in [2.24, 2.45) is 5.92 Å². The molecule has 2 saturated heterocycles. The number of piperazine rings is 1. The highest BCUT2D eigenvalue weighted by molar-refractivity contribution is 4.75. The van der Waals surface area contributed by atoms with Gasteiger partial charge in [-0.25, -0.2) is 0 Å². The van der Waals surface area contributed by atoms with Crippen LogP contribution in [0.25, 0.3) is 0 Å². The van der Waals surface area contributed by atoms with Crippen molar-refractivity contribution in [1.29, 1.82) is 0 Å². The first kappa shape index (κ1) is 19.9. The van der Waals surface area contributed by atoms with Gasteiger partial charge in [0.25, 0.3) is 0 Å². The summed E-state index contributed by atoms with van der Waals surface area (Å²) < 4.78 is 0. The van der Waals surface area contributed by atoms with Crippen molar-refractivity contribution in [2.45, 2.75) is 66.3 Å². The highest BCUT2D eigenvalue weighted by Gasteiger charge is 2.20. The van der Waals surface area contributed by atoms with Crippen LogP contribution in [0.5, 0.6) is 0 Å². The molecule has 0 spiro atoms. The molecule has 2 rings (SSSR count). The first-order valence-corrected chi connectivity index (χ1v) is 9.87. The van der Waals surface area contributed by atoms with Crippen LogP contribution in [0.1, 0.15) is 60.3 Å². The Kier molecular flexibility index (Phi) is 10.3. The van der Waals surface area contributed by atoms with Gasteiger partial charge in [0, 0.05) is 32.2 Å². The maximum Gasteiger partial charge on any atom is 0.0113 e. The molecule has 132 valence electrons. The zero-order valence-corrected chi connectivity index (χ0v) is 16.0. The van der Waals surface area contributed by atoms with E-state index in [0.717, 1.165) is 12.0 Å². The molecule has 3 nitrogen and oxygen atoms in total. The largest absolute Gasteiger partial charge is 0.304 e. The molecule has 0 saturated carbocycles. The van der Waals surface area contributed by atoms with Crippen molar-refractivity contribution in [2.75, 3.05) is 52.4 Å². The van der Waals surface area contributed by atoms with Gasteiger partial charge >= 0.3 is 0 Å². The number of likely N-dealkylation sites (tertiary alicyclic amines) is 1. The summed E-state index contributed by atoms with van der Waals surface area (Å²) in [6.45, 7) is 21.3. The van der Waals surface area contributed by atoms with E-state index in [2.05, 4.69) is 35.5 Å². The van der Waals surface area contributed by atoms with E-state index in [9.17, 15) is 0 Å². The van der Waals surface area contributed by atoms with E-state index < -0.39 is 0 Å². The standard InChI is InChI=1S/C17H35N3.C2H6/c1-4-18-10-7-17(8-11-18)6-5-9-19-12-14-20(15-13-19)16(2)3;1-2/h16-17H,4-15H2,1-3H3;1-2H3. The Labute approximate surface area is 140 Å². The molecule has 22 heavy (non-hydrogen) atoms. The average Bonchev–Trinajstić information content (AvgIpc) is 2.58. The van der Waals surface area contributed by atoms with Crippen LogP contribution >= 0.6 is 0 Å². The second-order valence-corrected chi connectivity index (χ2v) is 6.99. The monoisotopic (exact) mass is 311 g/mol. The van der Waals surface area contributed by atoms with Crippen LogP contribution in [0.3, 0.4) is 0 Å². The lowest BCUT2D eigenvalue weighted by Gasteiger charge is -2.37. The van der Waals surface area contributed by atoms with Gasteiger partial charge in [-0.1, -0.05) is 20.8 Å². The van der Waals surface area contributed by atoms with Crippen LogP contribution in [0.2, 0.25) is 0 Å². The van der Waals surface area contributed by atoms with Gasteiger partial charge in [0.05, 0.1) is 0 Å². The van der Waals surface area contributed by atoms with Gasteiger partial charge in [-0.05, 0) is 71.6 Å². The summed E-state index contributed by atoms with van der Waals surface area (Å²) in [7, 11) is 0.